The van der Waals surface area contributed by atoms with E-state index in [1.54, 1.807) is 19.2 Å². The molecule has 3 saturated heterocycles. The van der Waals surface area contributed by atoms with E-state index >= 15 is 0 Å². The van der Waals surface area contributed by atoms with Gasteiger partial charge in [-0.3, -0.25) is 0 Å². The minimum Gasteiger partial charge on any atom is -0.376 e. The molecule has 0 amide bonds. The van der Waals surface area contributed by atoms with Crippen molar-refractivity contribution in [3.8, 4) is 0 Å². The molecule has 5 nitrogen and oxygen atoms in total. The zero-order valence-corrected chi connectivity index (χ0v) is 15.4. The Bertz CT molecular complexity index is 623. The SMILES string of the molecule is CO[C@H]1O[C@@]2(C)OOC13CCCC[C@@H]3C[C@@H]2COCc1ccc(F)cc1. The van der Waals surface area contributed by atoms with Gasteiger partial charge in [0.15, 0.2) is 11.9 Å². The van der Waals surface area contributed by atoms with Crippen LogP contribution in [0.1, 0.15) is 44.6 Å². The molecule has 4 fully saturated rings. The van der Waals surface area contributed by atoms with Gasteiger partial charge in [0.2, 0.25) is 5.79 Å². The first kappa shape index (κ1) is 18.3. The molecule has 3 aliphatic heterocycles. The van der Waals surface area contributed by atoms with Gasteiger partial charge < -0.3 is 14.2 Å². The van der Waals surface area contributed by atoms with Crippen LogP contribution in [0.2, 0.25) is 0 Å². The van der Waals surface area contributed by atoms with Crippen molar-refractivity contribution in [3.05, 3.63) is 35.6 Å². The fourth-order valence-electron chi connectivity index (χ4n) is 4.60. The first-order valence-corrected chi connectivity index (χ1v) is 9.45. The highest BCUT2D eigenvalue weighted by Crippen LogP contribution is 2.54. The average Bonchev–Trinajstić information content (AvgIpc) is 2.84. The van der Waals surface area contributed by atoms with Gasteiger partial charge in [-0.15, -0.1) is 0 Å². The van der Waals surface area contributed by atoms with Crippen molar-refractivity contribution in [1.82, 2.24) is 0 Å². The number of methoxy groups -OCH3 is 1. The van der Waals surface area contributed by atoms with Crippen LogP contribution in [0.25, 0.3) is 0 Å². The second-order valence-electron chi connectivity index (χ2n) is 7.84. The maximum Gasteiger partial charge on any atom is 0.206 e. The number of rotatable bonds is 5. The van der Waals surface area contributed by atoms with Gasteiger partial charge in [-0.2, -0.15) is 0 Å². The molecule has 26 heavy (non-hydrogen) atoms. The second kappa shape index (κ2) is 7.17. The molecule has 0 radical (unpaired) electrons. The summed E-state index contributed by atoms with van der Waals surface area (Å²) in [6, 6.07) is 6.37. The Hall–Kier alpha value is -1.05. The molecule has 1 aromatic rings. The summed E-state index contributed by atoms with van der Waals surface area (Å²) in [6.45, 7) is 2.81. The third kappa shape index (κ3) is 3.18. The van der Waals surface area contributed by atoms with Crippen LogP contribution in [-0.2, 0) is 30.6 Å². The van der Waals surface area contributed by atoms with Crippen molar-refractivity contribution in [1.29, 1.82) is 0 Å². The Morgan fingerprint density at radius 3 is 2.77 bits per heavy atom. The van der Waals surface area contributed by atoms with Gasteiger partial charge in [-0.1, -0.05) is 25.0 Å². The predicted molar refractivity (Wildman–Crippen MR) is 91.3 cm³/mol. The molecule has 1 spiro atoms. The molecule has 0 N–H and O–H groups in total. The number of ether oxygens (including phenoxy) is 3. The van der Waals surface area contributed by atoms with Crippen molar-refractivity contribution >= 4 is 0 Å². The number of fused-ring (bicyclic) bond motifs is 3. The highest BCUT2D eigenvalue weighted by molar-refractivity contribution is 5.15. The zero-order chi connectivity index (χ0) is 18.2. The Kier molecular flexibility index (Phi) is 5.05. The smallest absolute Gasteiger partial charge is 0.206 e. The van der Waals surface area contributed by atoms with E-state index in [4.69, 9.17) is 24.0 Å². The summed E-state index contributed by atoms with van der Waals surface area (Å²) >= 11 is 0. The van der Waals surface area contributed by atoms with Gasteiger partial charge >= 0.3 is 0 Å². The lowest BCUT2D eigenvalue weighted by atomic mass is 9.71. The number of hydrogen-bond acceptors (Lipinski definition) is 5. The molecular weight excluding hydrogens is 339 g/mol. The predicted octanol–water partition coefficient (Wildman–Crippen LogP) is 3.96. The monoisotopic (exact) mass is 366 g/mol. The molecule has 1 saturated carbocycles. The van der Waals surface area contributed by atoms with Gasteiger partial charge in [-0.05, 0) is 49.8 Å². The quantitative estimate of drug-likeness (QED) is 0.738. The fourth-order valence-corrected chi connectivity index (χ4v) is 4.60. The van der Waals surface area contributed by atoms with Crippen LogP contribution < -0.4 is 0 Å². The molecule has 6 heteroatoms. The maximum atomic E-state index is 13.0. The third-order valence-electron chi connectivity index (χ3n) is 6.19. The van der Waals surface area contributed by atoms with Gasteiger partial charge in [0.25, 0.3) is 0 Å². The maximum absolute atomic E-state index is 13.0. The lowest BCUT2D eigenvalue weighted by molar-refractivity contribution is -0.554. The Morgan fingerprint density at radius 1 is 1.19 bits per heavy atom. The number of benzene rings is 1. The van der Waals surface area contributed by atoms with Crippen LogP contribution in [0.15, 0.2) is 24.3 Å². The van der Waals surface area contributed by atoms with Crippen LogP contribution in [0.5, 0.6) is 0 Å². The fraction of sp³-hybridized carbons (Fsp3) is 0.700. The summed E-state index contributed by atoms with van der Waals surface area (Å²) in [7, 11) is 1.67. The molecule has 1 aromatic carbocycles. The van der Waals surface area contributed by atoms with Crippen LogP contribution in [0.3, 0.4) is 0 Å². The molecule has 4 aliphatic rings. The lowest BCUT2D eigenvalue weighted by Crippen LogP contribution is -2.60. The van der Waals surface area contributed by atoms with Crippen molar-refractivity contribution in [3.63, 3.8) is 0 Å². The molecule has 5 atom stereocenters. The zero-order valence-electron chi connectivity index (χ0n) is 15.4. The number of halogens is 1. The minimum atomic E-state index is -0.897. The molecule has 0 aromatic heterocycles. The summed E-state index contributed by atoms with van der Waals surface area (Å²) in [5, 5.41) is 0. The Balaban J connectivity index is 1.47. The normalized spacial score (nSPS) is 39.4. The third-order valence-corrected chi connectivity index (χ3v) is 6.19. The van der Waals surface area contributed by atoms with Gasteiger partial charge in [0, 0.05) is 13.0 Å². The Labute approximate surface area is 153 Å². The molecule has 144 valence electrons. The summed E-state index contributed by atoms with van der Waals surface area (Å²) in [5.41, 5.74) is 0.426. The van der Waals surface area contributed by atoms with Crippen LogP contribution in [0.4, 0.5) is 4.39 Å². The summed E-state index contributed by atoms with van der Waals surface area (Å²) in [4.78, 5) is 11.7. The molecular formula is C20H27FO5. The molecule has 1 unspecified atom stereocenters. The average molecular weight is 366 g/mol. The van der Waals surface area contributed by atoms with Crippen molar-refractivity contribution in [2.45, 2.75) is 63.3 Å². The first-order valence-electron chi connectivity index (χ1n) is 9.45. The minimum absolute atomic E-state index is 0.0353. The standard InChI is InChI=1S/C20H27FO5/c1-19-16(13-23-12-14-6-8-17(21)9-7-14)11-15-5-3-4-10-20(15,26-25-19)18(22-2)24-19/h6-9,15-16,18H,3-5,10-13H2,1-2H3/t15-,16-,18+,19+,20?/m1/s1. The van der Waals surface area contributed by atoms with E-state index in [1.165, 1.54) is 18.6 Å². The highest BCUT2D eigenvalue weighted by atomic mass is 19.1. The topological polar surface area (TPSA) is 46.2 Å². The number of hydrogen-bond donors (Lipinski definition) is 0. The van der Waals surface area contributed by atoms with E-state index in [-0.39, 0.29) is 11.7 Å². The van der Waals surface area contributed by atoms with Gasteiger partial charge in [0.1, 0.15) is 5.82 Å². The van der Waals surface area contributed by atoms with Crippen LogP contribution in [0, 0.1) is 17.7 Å². The van der Waals surface area contributed by atoms with E-state index in [0.717, 1.165) is 31.2 Å². The van der Waals surface area contributed by atoms with Crippen LogP contribution in [-0.4, -0.2) is 31.4 Å². The van der Waals surface area contributed by atoms with E-state index < -0.39 is 17.7 Å². The van der Waals surface area contributed by atoms with Crippen molar-refractivity contribution < 1.29 is 28.4 Å². The first-order chi connectivity index (χ1) is 12.6. The highest BCUT2D eigenvalue weighted by Gasteiger charge is 2.62. The molecule has 1 aliphatic carbocycles. The second-order valence-corrected chi connectivity index (χ2v) is 7.84. The Morgan fingerprint density at radius 2 is 2.00 bits per heavy atom. The van der Waals surface area contributed by atoms with Crippen LogP contribution >= 0.6 is 0 Å². The van der Waals surface area contributed by atoms with E-state index in [0.29, 0.717) is 19.1 Å². The lowest BCUT2D eigenvalue weighted by Gasteiger charge is -2.49. The van der Waals surface area contributed by atoms with E-state index in [9.17, 15) is 4.39 Å². The van der Waals surface area contributed by atoms with Crippen molar-refractivity contribution in [2.24, 2.45) is 11.8 Å². The van der Waals surface area contributed by atoms with Crippen molar-refractivity contribution in [2.75, 3.05) is 13.7 Å². The van der Waals surface area contributed by atoms with Gasteiger partial charge in [0.05, 0.1) is 13.2 Å². The van der Waals surface area contributed by atoms with Gasteiger partial charge in [-0.25, -0.2) is 14.2 Å². The largest absolute Gasteiger partial charge is 0.376 e. The summed E-state index contributed by atoms with van der Waals surface area (Å²) in [6.07, 6.45) is 4.73. The molecule has 5 rings (SSSR count). The molecule has 3 heterocycles. The van der Waals surface area contributed by atoms with E-state index in [1.807, 2.05) is 6.92 Å². The van der Waals surface area contributed by atoms with E-state index in [2.05, 4.69) is 0 Å². The molecule has 2 bridgehead atoms. The summed E-state index contributed by atoms with van der Waals surface area (Å²) < 4.78 is 30.9. The summed E-state index contributed by atoms with van der Waals surface area (Å²) in [5.74, 6) is -0.779.